The number of carbonyl (C=O) groups excluding carboxylic acids is 2. The van der Waals surface area contributed by atoms with Gasteiger partial charge in [0.2, 0.25) is 0 Å². The molecule has 0 saturated heterocycles. The van der Waals surface area contributed by atoms with Crippen molar-refractivity contribution in [1.82, 2.24) is 0 Å². The van der Waals surface area contributed by atoms with Crippen LogP contribution in [0.5, 0.6) is 11.5 Å². The molecule has 0 aliphatic rings. The van der Waals surface area contributed by atoms with Gasteiger partial charge in [-0.1, -0.05) is 73.7 Å². The summed E-state index contributed by atoms with van der Waals surface area (Å²) in [6.45, 7) is 1.80. The SMILES string of the molecule is CCC(=O)c1cc(NC(=O)Nc2cccc(OC)c2)ccc1OC(c1ccccc1)c1ccccc1. The maximum absolute atomic E-state index is 12.9. The molecule has 2 N–H and O–H groups in total. The molecule has 0 aliphatic carbocycles. The first-order chi connectivity index (χ1) is 17.6. The van der Waals surface area contributed by atoms with Crippen molar-refractivity contribution in [1.29, 1.82) is 0 Å². The van der Waals surface area contributed by atoms with Crippen LogP contribution in [0, 0.1) is 0 Å². The lowest BCUT2D eigenvalue weighted by atomic mass is 10.0. The number of hydrogen-bond donors (Lipinski definition) is 2. The molecule has 182 valence electrons. The van der Waals surface area contributed by atoms with E-state index in [2.05, 4.69) is 10.6 Å². The quantitative estimate of drug-likeness (QED) is 0.251. The molecule has 0 aromatic heterocycles. The van der Waals surface area contributed by atoms with E-state index in [-0.39, 0.29) is 5.78 Å². The molecule has 0 aliphatic heterocycles. The van der Waals surface area contributed by atoms with Gasteiger partial charge in [-0.3, -0.25) is 4.79 Å². The summed E-state index contributed by atoms with van der Waals surface area (Å²) in [6, 6.07) is 31.5. The number of hydrogen-bond acceptors (Lipinski definition) is 4. The molecule has 4 aromatic carbocycles. The maximum atomic E-state index is 12.9. The summed E-state index contributed by atoms with van der Waals surface area (Å²) in [6.07, 6.45) is -0.0945. The molecule has 36 heavy (non-hydrogen) atoms. The lowest BCUT2D eigenvalue weighted by molar-refractivity contribution is 0.0982. The van der Waals surface area contributed by atoms with Crippen LogP contribution in [0.1, 0.15) is 40.9 Å². The Morgan fingerprint density at radius 1 is 0.750 bits per heavy atom. The number of anilines is 2. The van der Waals surface area contributed by atoms with Crippen LogP contribution in [-0.2, 0) is 0 Å². The average Bonchev–Trinajstić information content (AvgIpc) is 2.92. The van der Waals surface area contributed by atoms with Crippen molar-refractivity contribution < 1.29 is 19.1 Å². The van der Waals surface area contributed by atoms with Crippen LogP contribution in [0.25, 0.3) is 0 Å². The van der Waals surface area contributed by atoms with Crippen molar-refractivity contribution in [2.45, 2.75) is 19.4 Å². The minimum absolute atomic E-state index is 0.0817. The number of amides is 2. The largest absolute Gasteiger partial charge is 0.497 e. The molecule has 4 rings (SSSR count). The maximum Gasteiger partial charge on any atom is 0.323 e. The van der Waals surface area contributed by atoms with Gasteiger partial charge in [-0.05, 0) is 41.5 Å². The van der Waals surface area contributed by atoms with E-state index >= 15 is 0 Å². The van der Waals surface area contributed by atoms with Crippen LogP contribution in [0.15, 0.2) is 103 Å². The molecule has 0 fully saturated rings. The van der Waals surface area contributed by atoms with Gasteiger partial charge in [0.15, 0.2) is 5.78 Å². The van der Waals surface area contributed by atoms with Gasteiger partial charge in [0, 0.05) is 23.9 Å². The summed E-state index contributed by atoms with van der Waals surface area (Å²) in [5, 5.41) is 5.56. The molecular formula is C30H28N2O4. The van der Waals surface area contributed by atoms with E-state index in [9.17, 15) is 9.59 Å². The Morgan fingerprint density at radius 2 is 1.36 bits per heavy atom. The zero-order valence-corrected chi connectivity index (χ0v) is 20.2. The predicted octanol–water partition coefficient (Wildman–Crippen LogP) is 7.10. The molecule has 0 atom stereocenters. The molecular weight excluding hydrogens is 452 g/mol. The van der Waals surface area contributed by atoms with Crippen molar-refractivity contribution in [3.8, 4) is 11.5 Å². The molecule has 0 heterocycles. The van der Waals surface area contributed by atoms with Gasteiger partial charge in [-0.25, -0.2) is 4.79 Å². The van der Waals surface area contributed by atoms with Gasteiger partial charge in [-0.15, -0.1) is 0 Å². The highest BCUT2D eigenvalue weighted by Crippen LogP contribution is 2.32. The van der Waals surface area contributed by atoms with Gasteiger partial charge in [0.05, 0.1) is 12.7 Å². The Labute approximate surface area is 210 Å². The van der Waals surface area contributed by atoms with E-state index in [1.54, 1.807) is 56.5 Å². The highest BCUT2D eigenvalue weighted by atomic mass is 16.5. The second-order valence-corrected chi connectivity index (χ2v) is 8.12. The van der Waals surface area contributed by atoms with E-state index in [0.717, 1.165) is 11.1 Å². The standard InChI is InChI=1S/C30H28N2O4/c1-3-27(33)26-20-24(32-30(34)31-23-15-10-16-25(19-23)35-2)17-18-28(26)36-29(21-11-6-4-7-12-21)22-13-8-5-9-14-22/h4-20,29H,3H2,1-2H3,(H2,31,32,34). The zero-order chi connectivity index (χ0) is 25.3. The number of Topliss-reactive ketones (excluding diaryl/α,β-unsaturated/α-hetero) is 1. The van der Waals surface area contributed by atoms with E-state index in [1.807, 2.05) is 60.7 Å². The van der Waals surface area contributed by atoms with E-state index in [4.69, 9.17) is 9.47 Å². The fourth-order valence-corrected chi connectivity index (χ4v) is 3.82. The predicted molar refractivity (Wildman–Crippen MR) is 142 cm³/mol. The molecule has 2 amide bonds. The minimum Gasteiger partial charge on any atom is -0.497 e. The van der Waals surface area contributed by atoms with Gasteiger partial charge >= 0.3 is 6.03 Å². The molecule has 0 spiro atoms. The highest BCUT2D eigenvalue weighted by Gasteiger charge is 2.20. The normalized spacial score (nSPS) is 10.5. The number of ketones is 1. The van der Waals surface area contributed by atoms with Crippen molar-refractivity contribution in [2.75, 3.05) is 17.7 Å². The van der Waals surface area contributed by atoms with Crippen LogP contribution in [0.3, 0.4) is 0 Å². The Balaban J connectivity index is 1.59. The van der Waals surface area contributed by atoms with E-state index in [0.29, 0.717) is 34.9 Å². The van der Waals surface area contributed by atoms with Crippen LogP contribution < -0.4 is 20.1 Å². The fourth-order valence-electron chi connectivity index (χ4n) is 3.82. The monoisotopic (exact) mass is 480 g/mol. The second-order valence-electron chi connectivity index (χ2n) is 8.12. The summed E-state index contributed by atoms with van der Waals surface area (Å²) >= 11 is 0. The third-order valence-corrected chi connectivity index (χ3v) is 5.64. The van der Waals surface area contributed by atoms with Gasteiger partial charge < -0.3 is 20.1 Å². The number of nitrogens with one attached hydrogen (secondary N) is 2. The minimum atomic E-state index is -0.432. The highest BCUT2D eigenvalue weighted by molar-refractivity contribution is 6.03. The fraction of sp³-hybridized carbons (Fsp3) is 0.133. The van der Waals surface area contributed by atoms with Crippen molar-refractivity contribution >= 4 is 23.2 Å². The van der Waals surface area contributed by atoms with Crippen LogP contribution >= 0.6 is 0 Å². The summed E-state index contributed by atoms with van der Waals surface area (Å²) in [7, 11) is 1.56. The zero-order valence-electron chi connectivity index (χ0n) is 20.2. The van der Waals surface area contributed by atoms with Crippen molar-refractivity contribution in [3.05, 3.63) is 120 Å². The lowest BCUT2D eigenvalue weighted by Crippen LogP contribution is -2.20. The van der Waals surface area contributed by atoms with E-state index in [1.165, 1.54) is 0 Å². The van der Waals surface area contributed by atoms with Gasteiger partial charge in [0.1, 0.15) is 17.6 Å². The van der Waals surface area contributed by atoms with Gasteiger partial charge in [-0.2, -0.15) is 0 Å². The van der Waals surface area contributed by atoms with Crippen molar-refractivity contribution in [3.63, 3.8) is 0 Å². The Hall–Kier alpha value is -4.58. The third kappa shape index (κ3) is 6.10. The summed E-state index contributed by atoms with van der Waals surface area (Å²) in [4.78, 5) is 25.5. The van der Waals surface area contributed by atoms with E-state index < -0.39 is 12.1 Å². The van der Waals surface area contributed by atoms with Gasteiger partial charge in [0.25, 0.3) is 0 Å². The summed E-state index contributed by atoms with van der Waals surface area (Å²) < 4.78 is 11.7. The number of ether oxygens (including phenoxy) is 2. The number of benzene rings is 4. The van der Waals surface area contributed by atoms with Crippen molar-refractivity contribution in [2.24, 2.45) is 0 Å². The number of methoxy groups -OCH3 is 1. The summed E-state index contributed by atoms with van der Waals surface area (Å²) in [5.41, 5.74) is 3.42. The third-order valence-electron chi connectivity index (χ3n) is 5.64. The Bertz CT molecular complexity index is 1280. The molecule has 0 unspecified atom stereocenters. The molecule has 0 bridgehead atoms. The average molecular weight is 481 g/mol. The van der Waals surface area contributed by atoms with Crippen LogP contribution in [-0.4, -0.2) is 18.9 Å². The molecule has 4 aromatic rings. The molecule has 6 nitrogen and oxygen atoms in total. The molecule has 0 radical (unpaired) electrons. The second kappa shape index (κ2) is 11.7. The first-order valence-corrected chi connectivity index (χ1v) is 11.7. The number of carbonyl (C=O) groups is 2. The Morgan fingerprint density at radius 3 is 1.94 bits per heavy atom. The topological polar surface area (TPSA) is 76.7 Å². The molecule has 6 heteroatoms. The first kappa shape index (κ1) is 24.5. The molecule has 0 saturated carbocycles. The Kier molecular flexibility index (Phi) is 7.98. The lowest BCUT2D eigenvalue weighted by Gasteiger charge is -2.22. The summed E-state index contributed by atoms with van der Waals surface area (Å²) in [5.74, 6) is 1.01. The number of rotatable bonds is 9. The smallest absolute Gasteiger partial charge is 0.323 e. The van der Waals surface area contributed by atoms with Crippen LogP contribution in [0.2, 0.25) is 0 Å². The van der Waals surface area contributed by atoms with Crippen LogP contribution in [0.4, 0.5) is 16.2 Å². The first-order valence-electron chi connectivity index (χ1n) is 11.7. The number of urea groups is 1.